The molecule has 0 fully saturated rings. The van der Waals surface area contributed by atoms with Gasteiger partial charge in [-0.05, 0) is 35.4 Å². The number of hydrogen-bond donors (Lipinski definition) is 0. The van der Waals surface area contributed by atoms with Crippen molar-refractivity contribution in [2.75, 3.05) is 13.2 Å². The van der Waals surface area contributed by atoms with Crippen molar-refractivity contribution in [1.29, 1.82) is 0 Å². The molecule has 154 valence electrons. The van der Waals surface area contributed by atoms with Crippen molar-refractivity contribution >= 4 is 61.4 Å². The van der Waals surface area contributed by atoms with Crippen molar-refractivity contribution in [3.63, 3.8) is 0 Å². The first-order valence-electron chi connectivity index (χ1n) is 9.67. The van der Waals surface area contributed by atoms with Gasteiger partial charge in [0.15, 0.2) is 4.80 Å². The summed E-state index contributed by atoms with van der Waals surface area (Å²) in [6, 6.07) is 17.7. The number of hydrogen-bond acceptors (Lipinski definition) is 3. The van der Waals surface area contributed by atoms with Gasteiger partial charge in [-0.15, -0.1) is 0 Å². The molecule has 0 saturated heterocycles. The topological polar surface area (TPSA) is 43.6 Å². The predicted molar refractivity (Wildman–Crippen MR) is 125 cm³/mol. The second-order valence-corrected chi connectivity index (χ2v) is 8.56. The highest BCUT2D eigenvalue weighted by Crippen LogP contribution is 2.32. The molecule has 3 aromatic carbocycles. The normalized spacial score (nSPS) is 12.2. The van der Waals surface area contributed by atoms with Crippen molar-refractivity contribution < 1.29 is 9.53 Å². The van der Waals surface area contributed by atoms with Crippen LogP contribution in [-0.2, 0) is 22.5 Å². The highest BCUT2D eigenvalue weighted by molar-refractivity contribution is 7.16. The Morgan fingerprint density at radius 1 is 1.10 bits per heavy atom. The third kappa shape index (κ3) is 4.30. The smallest absolute Gasteiger partial charge is 0.252 e. The fourth-order valence-electron chi connectivity index (χ4n) is 3.45. The quantitative estimate of drug-likeness (QED) is 0.339. The van der Waals surface area contributed by atoms with Crippen LogP contribution < -0.4 is 4.80 Å². The Hall–Kier alpha value is -2.18. The van der Waals surface area contributed by atoms with Gasteiger partial charge in [-0.3, -0.25) is 4.79 Å². The molecular weight excluding hydrogens is 439 g/mol. The first kappa shape index (κ1) is 21.1. The van der Waals surface area contributed by atoms with Crippen molar-refractivity contribution in [3.8, 4) is 0 Å². The molecule has 0 bridgehead atoms. The summed E-state index contributed by atoms with van der Waals surface area (Å²) in [5.74, 6) is -0.203. The monoisotopic (exact) mass is 458 g/mol. The van der Waals surface area contributed by atoms with E-state index >= 15 is 0 Å². The zero-order valence-electron chi connectivity index (χ0n) is 16.4. The molecule has 0 unspecified atom stereocenters. The second-order valence-electron chi connectivity index (χ2n) is 6.76. The molecule has 1 amide bonds. The fraction of sp³-hybridized carbons (Fsp3) is 0.217. The molecule has 1 aromatic heterocycles. The predicted octanol–water partition coefficient (Wildman–Crippen LogP) is 5.87. The molecule has 7 heteroatoms. The van der Waals surface area contributed by atoms with Crippen molar-refractivity contribution in [1.82, 2.24) is 4.57 Å². The van der Waals surface area contributed by atoms with Gasteiger partial charge in [-0.1, -0.05) is 77.0 Å². The molecule has 0 radical (unpaired) electrons. The maximum atomic E-state index is 12.9. The van der Waals surface area contributed by atoms with E-state index in [9.17, 15) is 4.79 Å². The van der Waals surface area contributed by atoms with E-state index in [4.69, 9.17) is 27.9 Å². The van der Waals surface area contributed by atoms with E-state index in [1.807, 2.05) is 60.0 Å². The van der Waals surface area contributed by atoms with Gasteiger partial charge in [0.05, 0.1) is 33.3 Å². The number of carbonyl (C=O) groups excluding carboxylic acids is 1. The number of carbonyl (C=O) groups is 1. The summed E-state index contributed by atoms with van der Waals surface area (Å²) < 4.78 is 8.36. The van der Waals surface area contributed by atoms with Gasteiger partial charge < -0.3 is 9.30 Å². The number of rotatable bonds is 6. The van der Waals surface area contributed by atoms with Gasteiger partial charge in [-0.25, -0.2) is 0 Å². The van der Waals surface area contributed by atoms with E-state index in [0.717, 1.165) is 26.6 Å². The van der Waals surface area contributed by atoms with Crippen LogP contribution in [0.2, 0.25) is 10.0 Å². The number of amides is 1. The maximum absolute atomic E-state index is 12.9. The average molecular weight is 459 g/mol. The van der Waals surface area contributed by atoms with Crippen LogP contribution in [0.1, 0.15) is 12.5 Å². The summed E-state index contributed by atoms with van der Waals surface area (Å²) >= 11 is 14.1. The van der Waals surface area contributed by atoms with Crippen molar-refractivity contribution in [3.05, 3.63) is 75.0 Å². The molecule has 4 nitrogen and oxygen atoms in total. The molecular formula is C23H20Cl2N2O2S. The van der Waals surface area contributed by atoms with Gasteiger partial charge >= 0.3 is 0 Å². The Bertz CT molecular complexity index is 1290. The third-order valence-corrected chi connectivity index (χ3v) is 6.68. The minimum absolute atomic E-state index is 0.203. The zero-order valence-corrected chi connectivity index (χ0v) is 18.7. The highest BCUT2D eigenvalue weighted by Gasteiger charge is 2.14. The molecule has 0 aliphatic heterocycles. The van der Waals surface area contributed by atoms with E-state index in [-0.39, 0.29) is 12.3 Å². The van der Waals surface area contributed by atoms with E-state index < -0.39 is 0 Å². The molecule has 0 aliphatic rings. The van der Waals surface area contributed by atoms with Crippen LogP contribution in [0.15, 0.2) is 59.6 Å². The third-order valence-electron chi connectivity index (χ3n) is 4.84. The molecule has 0 saturated carbocycles. The molecule has 0 aliphatic carbocycles. The number of halogens is 2. The Kier molecular flexibility index (Phi) is 6.54. The van der Waals surface area contributed by atoms with E-state index in [0.29, 0.717) is 34.6 Å². The number of aromatic nitrogens is 1. The van der Waals surface area contributed by atoms with Crippen LogP contribution in [0.3, 0.4) is 0 Å². The molecule has 0 atom stereocenters. The number of thiazole rings is 1. The number of ether oxygens (including phenoxy) is 1. The Morgan fingerprint density at radius 3 is 2.73 bits per heavy atom. The number of nitrogens with zero attached hydrogens (tertiary/aromatic N) is 2. The van der Waals surface area contributed by atoms with Gasteiger partial charge in [0, 0.05) is 13.2 Å². The molecule has 0 N–H and O–H groups in total. The Morgan fingerprint density at radius 2 is 1.90 bits per heavy atom. The van der Waals surface area contributed by atoms with Crippen molar-refractivity contribution in [2.45, 2.75) is 19.9 Å². The number of fused-ring (bicyclic) bond motifs is 2. The largest absolute Gasteiger partial charge is 0.380 e. The summed E-state index contributed by atoms with van der Waals surface area (Å²) in [4.78, 5) is 17.9. The summed E-state index contributed by atoms with van der Waals surface area (Å²) in [6.07, 6.45) is 0.232. The second kappa shape index (κ2) is 9.31. The molecule has 30 heavy (non-hydrogen) atoms. The lowest BCUT2D eigenvalue weighted by molar-refractivity contribution is -0.117. The summed E-state index contributed by atoms with van der Waals surface area (Å²) in [6.45, 7) is 3.59. The summed E-state index contributed by atoms with van der Waals surface area (Å²) in [5, 5.41) is 3.11. The first-order valence-corrected chi connectivity index (χ1v) is 11.2. The van der Waals surface area contributed by atoms with E-state index in [2.05, 4.69) is 4.99 Å². The van der Waals surface area contributed by atoms with Gasteiger partial charge in [0.2, 0.25) is 0 Å². The zero-order chi connectivity index (χ0) is 21.1. The number of benzene rings is 3. The fourth-order valence-corrected chi connectivity index (χ4v) is 5.01. The average Bonchev–Trinajstić information content (AvgIpc) is 3.09. The van der Waals surface area contributed by atoms with Crippen LogP contribution >= 0.6 is 34.5 Å². The Labute approximate surface area is 188 Å². The van der Waals surface area contributed by atoms with Crippen LogP contribution in [0, 0.1) is 0 Å². The molecule has 1 heterocycles. The summed E-state index contributed by atoms with van der Waals surface area (Å²) in [7, 11) is 0. The van der Waals surface area contributed by atoms with E-state index in [1.54, 1.807) is 6.07 Å². The van der Waals surface area contributed by atoms with Gasteiger partial charge in [-0.2, -0.15) is 4.99 Å². The molecule has 0 spiro atoms. The molecule has 4 aromatic rings. The van der Waals surface area contributed by atoms with E-state index in [1.165, 1.54) is 11.3 Å². The standard InChI is InChI=1S/C23H20Cl2N2O2S/c1-2-29-13-12-27-22-19(11-10-18(24)21(22)25)30-23(27)26-20(28)14-16-8-5-7-15-6-3-4-9-17(15)16/h3-11H,2,12-14H2,1H3. The molecule has 4 rings (SSSR count). The highest BCUT2D eigenvalue weighted by atomic mass is 35.5. The summed E-state index contributed by atoms with van der Waals surface area (Å²) in [5.41, 5.74) is 1.75. The minimum Gasteiger partial charge on any atom is -0.380 e. The maximum Gasteiger partial charge on any atom is 0.252 e. The first-order chi connectivity index (χ1) is 14.6. The lowest BCUT2D eigenvalue weighted by Gasteiger charge is -2.07. The van der Waals surface area contributed by atoms with Gasteiger partial charge in [0.25, 0.3) is 5.91 Å². The van der Waals surface area contributed by atoms with Crippen molar-refractivity contribution in [2.24, 2.45) is 4.99 Å². The Balaban J connectivity index is 1.74. The lowest BCUT2D eigenvalue weighted by Crippen LogP contribution is -2.20. The van der Waals surface area contributed by atoms with Crippen LogP contribution in [-0.4, -0.2) is 23.7 Å². The minimum atomic E-state index is -0.203. The van der Waals surface area contributed by atoms with Gasteiger partial charge in [0.1, 0.15) is 0 Å². The lowest BCUT2D eigenvalue weighted by atomic mass is 10.0. The van der Waals surface area contributed by atoms with Crippen LogP contribution in [0.25, 0.3) is 21.0 Å². The van der Waals surface area contributed by atoms with Crippen LogP contribution in [0.5, 0.6) is 0 Å². The van der Waals surface area contributed by atoms with Crippen LogP contribution in [0.4, 0.5) is 0 Å². The SMILES string of the molecule is CCOCCn1c(=NC(=O)Cc2cccc3ccccc23)sc2ccc(Cl)c(Cl)c21.